The van der Waals surface area contributed by atoms with Crippen molar-refractivity contribution in [2.24, 2.45) is 0 Å². The number of carbonyl (C=O) groups excluding carboxylic acids is 1. The first-order chi connectivity index (χ1) is 10.1. The summed E-state index contributed by atoms with van der Waals surface area (Å²) >= 11 is 0. The van der Waals surface area contributed by atoms with E-state index in [2.05, 4.69) is 5.32 Å². The number of hydrogen-bond donors (Lipinski definition) is 1. The highest BCUT2D eigenvalue weighted by molar-refractivity contribution is 5.92. The van der Waals surface area contributed by atoms with Gasteiger partial charge in [0.25, 0.3) is 5.91 Å². The number of nitrogens with one attached hydrogen (secondary N) is 1. The zero-order valence-electron chi connectivity index (χ0n) is 12.5. The standard InChI is InChI=1S/C17H19NO3/c1-12-7-8-16(9-13(12)2)21-11-17(19)18-14-5-4-6-15(10-14)20-3/h4-10H,11H2,1-3H3,(H,18,19). The van der Waals surface area contributed by atoms with E-state index < -0.39 is 0 Å². The lowest BCUT2D eigenvalue weighted by atomic mass is 10.1. The van der Waals surface area contributed by atoms with Crippen molar-refractivity contribution in [3.63, 3.8) is 0 Å². The van der Waals surface area contributed by atoms with Gasteiger partial charge in [0.05, 0.1) is 7.11 Å². The van der Waals surface area contributed by atoms with Crippen molar-refractivity contribution < 1.29 is 14.3 Å². The van der Waals surface area contributed by atoms with E-state index in [0.717, 1.165) is 5.56 Å². The zero-order valence-corrected chi connectivity index (χ0v) is 12.5. The van der Waals surface area contributed by atoms with Crippen LogP contribution in [0.25, 0.3) is 0 Å². The smallest absolute Gasteiger partial charge is 0.262 e. The van der Waals surface area contributed by atoms with E-state index in [0.29, 0.717) is 17.2 Å². The van der Waals surface area contributed by atoms with Crippen molar-refractivity contribution in [3.8, 4) is 11.5 Å². The molecule has 0 aliphatic rings. The summed E-state index contributed by atoms with van der Waals surface area (Å²) in [6.07, 6.45) is 0. The predicted octanol–water partition coefficient (Wildman–Crippen LogP) is 3.33. The molecule has 0 spiro atoms. The maximum atomic E-state index is 11.9. The topological polar surface area (TPSA) is 47.6 Å². The Morgan fingerprint density at radius 3 is 2.57 bits per heavy atom. The van der Waals surface area contributed by atoms with E-state index in [4.69, 9.17) is 9.47 Å². The van der Waals surface area contributed by atoms with Crippen LogP contribution in [0, 0.1) is 13.8 Å². The Morgan fingerprint density at radius 1 is 1.05 bits per heavy atom. The number of carbonyl (C=O) groups is 1. The lowest BCUT2D eigenvalue weighted by Crippen LogP contribution is -2.20. The molecule has 0 heterocycles. The minimum absolute atomic E-state index is 0.0281. The maximum Gasteiger partial charge on any atom is 0.262 e. The number of rotatable bonds is 5. The first-order valence-corrected chi connectivity index (χ1v) is 6.72. The first kappa shape index (κ1) is 14.9. The molecule has 1 N–H and O–H groups in total. The van der Waals surface area contributed by atoms with E-state index in [1.165, 1.54) is 5.56 Å². The Balaban J connectivity index is 1.90. The van der Waals surface area contributed by atoms with E-state index >= 15 is 0 Å². The highest BCUT2D eigenvalue weighted by Gasteiger charge is 2.05. The van der Waals surface area contributed by atoms with E-state index in [-0.39, 0.29) is 12.5 Å². The van der Waals surface area contributed by atoms with Gasteiger partial charge in [-0.25, -0.2) is 0 Å². The van der Waals surface area contributed by atoms with Gasteiger partial charge < -0.3 is 14.8 Å². The molecule has 2 aromatic rings. The van der Waals surface area contributed by atoms with Gasteiger partial charge >= 0.3 is 0 Å². The summed E-state index contributed by atoms with van der Waals surface area (Å²) < 4.78 is 10.6. The molecule has 0 saturated heterocycles. The monoisotopic (exact) mass is 285 g/mol. The summed E-state index contributed by atoms with van der Waals surface area (Å²) in [6, 6.07) is 13.0. The molecular formula is C17H19NO3. The number of hydrogen-bond acceptors (Lipinski definition) is 3. The van der Waals surface area contributed by atoms with Crippen molar-refractivity contribution in [1.29, 1.82) is 0 Å². The van der Waals surface area contributed by atoms with Crippen LogP contribution in [0.1, 0.15) is 11.1 Å². The second kappa shape index (κ2) is 6.79. The third kappa shape index (κ3) is 4.24. The van der Waals surface area contributed by atoms with Crippen LogP contribution in [-0.2, 0) is 4.79 Å². The molecule has 0 unspecified atom stereocenters. The first-order valence-electron chi connectivity index (χ1n) is 6.72. The van der Waals surface area contributed by atoms with Gasteiger partial charge in [0, 0.05) is 11.8 Å². The maximum absolute atomic E-state index is 11.9. The van der Waals surface area contributed by atoms with Gasteiger partial charge in [0.1, 0.15) is 11.5 Å². The molecule has 2 aromatic carbocycles. The quantitative estimate of drug-likeness (QED) is 0.916. The fraction of sp³-hybridized carbons (Fsp3) is 0.235. The van der Waals surface area contributed by atoms with Crippen molar-refractivity contribution in [2.75, 3.05) is 19.0 Å². The molecular weight excluding hydrogens is 266 g/mol. The fourth-order valence-corrected chi connectivity index (χ4v) is 1.85. The van der Waals surface area contributed by atoms with Crippen molar-refractivity contribution >= 4 is 11.6 Å². The van der Waals surface area contributed by atoms with Crippen LogP contribution >= 0.6 is 0 Å². The second-order valence-electron chi connectivity index (χ2n) is 4.81. The number of anilines is 1. The van der Waals surface area contributed by atoms with Crippen LogP contribution in [0.5, 0.6) is 11.5 Å². The molecule has 0 aromatic heterocycles. The number of amides is 1. The SMILES string of the molecule is COc1cccc(NC(=O)COc2ccc(C)c(C)c2)c1. The summed E-state index contributed by atoms with van der Waals surface area (Å²) in [5.74, 6) is 1.18. The van der Waals surface area contributed by atoms with Gasteiger partial charge in [-0.15, -0.1) is 0 Å². The highest BCUT2D eigenvalue weighted by atomic mass is 16.5. The Labute approximate surface area is 124 Å². The van der Waals surface area contributed by atoms with Gasteiger partial charge in [0.15, 0.2) is 6.61 Å². The summed E-state index contributed by atoms with van der Waals surface area (Å²) in [5.41, 5.74) is 3.02. The van der Waals surface area contributed by atoms with Gasteiger partial charge in [-0.05, 0) is 49.2 Å². The molecule has 0 saturated carbocycles. The van der Waals surface area contributed by atoms with Gasteiger partial charge in [-0.1, -0.05) is 12.1 Å². The van der Waals surface area contributed by atoms with Crippen molar-refractivity contribution in [3.05, 3.63) is 53.6 Å². The summed E-state index contributed by atoms with van der Waals surface area (Å²) in [4.78, 5) is 11.9. The molecule has 110 valence electrons. The molecule has 4 heteroatoms. The van der Waals surface area contributed by atoms with E-state index in [1.807, 2.05) is 44.2 Å². The molecule has 4 nitrogen and oxygen atoms in total. The third-order valence-corrected chi connectivity index (χ3v) is 3.20. The average Bonchev–Trinajstić information content (AvgIpc) is 2.48. The average molecular weight is 285 g/mol. The molecule has 21 heavy (non-hydrogen) atoms. The lowest BCUT2D eigenvalue weighted by Gasteiger charge is -2.09. The molecule has 0 radical (unpaired) electrons. The molecule has 1 amide bonds. The summed E-state index contributed by atoms with van der Waals surface area (Å²) in [7, 11) is 1.59. The predicted molar refractivity (Wildman–Crippen MR) is 83.0 cm³/mol. The van der Waals surface area contributed by atoms with Gasteiger partial charge in [-0.3, -0.25) is 4.79 Å². The lowest BCUT2D eigenvalue weighted by molar-refractivity contribution is -0.118. The van der Waals surface area contributed by atoms with Crippen LogP contribution in [-0.4, -0.2) is 19.6 Å². The number of methoxy groups -OCH3 is 1. The van der Waals surface area contributed by atoms with Crippen molar-refractivity contribution in [2.45, 2.75) is 13.8 Å². The van der Waals surface area contributed by atoms with Crippen molar-refractivity contribution in [1.82, 2.24) is 0 Å². The van der Waals surface area contributed by atoms with Crippen LogP contribution in [0.15, 0.2) is 42.5 Å². The number of benzene rings is 2. The van der Waals surface area contributed by atoms with Crippen LogP contribution in [0.2, 0.25) is 0 Å². The van der Waals surface area contributed by atoms with Gasteiger partial charge in [-0.2, -0.15) is 0 Å². The van der Waals surface area contributed by atoms with E-state index in [9.17, 15) is 4.79 Å². The Bertz CT molecular complexity index is 638. The molecule has 2 rings (SSSR count). The number of ether oxygens (including phenoxy) is 2. The van der Waals surface area contributed by atoms with Crippen LogP contribution < -0.4 is 14.8 Å². The third-order valence-electron chi connectivity index (χ3n) is 3.20. The molecule has 0 aliphatic carbocycles. The van der Waals surface area contributed by atoms with Crippen LogP contribution in [0.4, 0.5) is 5.69 Å². The minimum atomic E-state index is -0.207. The Hall–Kier alpha value is -2.49. The second-order valence-corrected chi connectivity index (χ2v) is 4.81. The van der Waals surface area contributed by atoms with Crippen LogP contribution in [0.3, 0.4) is 0 Å². The minimum Gasteiger partial charge on any atom is -0.497 e. The fourth-order valence-electron chi connectivity index (χ4n) is 1.85. The Morgan fingerprint density at radius 2 is 1.86 bits per heavy atom. The molecule has 0 atom stereocenters. The molecule has 0 aliphatic heterocycles. The van der Waals surface area contributed by atoms with E-state index in [1.54, 1.807) is 19.2 Å². The molecule has 0 bridgehead atoms. The normalized spacial score (nSPS) is 10.0. The zero-order chi connectivity index (χ0) is 15.2. The number of aryl methyl sites for hydroxylation is 2. The summed E-state index contributed by atoms with van der Waals surface area (Å²) in [5, 5.41) is 2.77. The largest absolute Gasteiger partial charge is 0.497 e. The summed E-state index contributed by atoms with van der Waals surface area (Å²) in [6.45, 7) is 4.02. The highest BCUT2D eigenvalue weighted by Crippen LogP contribution is 2.18. The van der Waals surface area contributed by atoms with Gasteiger partial charge in [0.2, 0.25) is 0 Å². The molecule has 0 fully saturated rings. The Kier molecular flexibility index (Phi) is 4.82.